The highest BCUT2D eigenvalue weighted by Gasteiger charge is 2.25. The van der Waals surface area contributed by atoms with Gasteiger partial charge in [-0.1, -0.05) is 40.0 Å². The Kier molecular flexibility index (Phi) is 6.77. The Labute approximate surface area is 80.4 Å². The Morgan fingerprint density at radius 1 is 0.917 bits per heavy atom. The molecule has 0 aromatic carbocycles. The lowest BCUT2D eigenvalue weighted by atomic mass is 9.88. The van der Waals surface area contributed by atoms with E-state index < -0.39 is 0 Å². The maximum atomic E-state index is 5.46. The Balaban J connectivity index is 4.06. The van der Waals surface area contributed by atoms with Crippen molar-refractivity contribution < 1.29 is 4.43 Å². The lowest BCUT2D eigenvalue weighted by molar-refractivity contribution is 0.0485. The van der Waals surface area contributed by atoms with Crippen molar-refractivity contribution in [3.05, 3.63) is 0 Å². The minimum absolute atomic E-state index is 0.106. The Morgan fingerprint density at radius 2 is 1.25 bits per heavy atom. The summed E-state index contributed by atoms with van der Waals surface area (Å²) < 4.78 is 5.46. The van der Waals surface area contributed by atoms with Crippen LogP contribution in [0.25, 0.3) is 0 Å². The van der Waals surface area contributed by atoms with Gasteiger partial charge in [-0.05, 0) is 19.3 Å². The first-order valence-electron chi connectivity index (χ1n) is 5.09. The zero-order valence-corrected chi connectivity index (χ0v) is 9.65. The van der Waals surface area contributed by atoms with Crippen molar-refractivity contribution in [2.24, 2.45) is 0 Å². The molecular weight excluding hydrogens is 164 g/mol. The summed E-state index contributed by atoms with van der Waals surface area (Å²) in [4.78, 5) is 0. The van der Waals surface area contributed by atoms with Crippen molar-refractivity contribution in [1.29, 1.82) is 0 Å². The van der Waals surface area contributed by atoms with E-state index in [0.717, 1.165) is 19.3 Å². The molecule has 0 unspecified atom stereocenters. The van der Waals surface area contributed by atoms with E-state index >= 15 is 0 Å². The van der Waals surface area contributed by atoms with Crippen LogP contribution in [-0.2, 0) is 4.43 Å². The van der Waals surface area contributed by atoms with Gasteiger partial charge in [0.05, 0.1) is 5.60 Å². The molecule has 0 spiro atoms. The van der Waals surface area contributed by atoms with Crippen molar-refractivity contribution in [3.63, 3.8) is 0 Å². The van der Waals surface area contributed by atoms with Gasteiger partial charge in [0.1, 0.15) is 0 Å². The van der Waals surface area contributed by atoms with Gasteiger partial charge >= 0.3 is 0 Å². The van der Waals surface area contributed by atoms with Gasteiger partial charge in [0.25, 0.3) is 0 Å². The highest BCUT2D eigenvalue weighted by atomic mass is 28.2. The standard InChI is InChI=1S/C10H21OSi/c1-4-7-10(11-12,8-5-2)9-6-3/h4-9H2,1-3H3. The Morgan fingerprint density at radius 3 is 1.42 bits per heavy atom. The molecule has 71 valence electrons. The molecule has 0 aromatic heterocycles. The molecule has 0 aromatic rings. The SMILES string of the molecule is CCCC(CCC)(CCC)O[Si]. The van der Waals surface area contributed by atoms with E-state index in [1.807, 2.05) is 0 Å². The fraction of sp³-hybridized carbons (Fsp3) is 1.00. The molecule has 0 bridgehead atoms. The van der Waals surface area contributed by atoms with Crippen LogP contribution in [0.15, 0.2) is 0 Å². The normalized spacial score (nSPS) is 12.0. The number of hydrogen-bond acceptors (Lipinski definition) is 1. The van der Waals surface area contributed by atoms with Crippen LogP contribution in [0.2, 0.25) is 0 Å². The molecule has 0 amide bonds. The summed E-state index contributed by atoms with van der Waals surface area (Å²) in [6.45, 7) is 6.64. The van der Waals surface area contributed by atoms with Gasteiger partial charge < -0.3 is 4.43 Å². The average molecular weight is 185 g/mol. The molecule has 0 fully saturated rings. The molecule has 0 heterocycles. The van der Waals surface area contributed by atoms with Gasteiger partial charge in [0.2, 0.25) is 10.5 Å². The summed E-state index contributed by atoms with van der Waals surface area (Å²) in [5.74, 6) is 0. The zero-order valence-electron chi connectivity index (χ0n) is 8.65. The molecule has 12 heavy (non-hydrogen) atoms. The minimum atomic E-state index is 0.106. The van der Waals surface area contributed by atoms with Crippen LogP contribution < -0.4 is 0 Å². The third-order valence-corrected chi connectivity index (χ3v) is 2.77. The van der Waals surface area contributed by atoms with Crippen LogP contribution in [0.5, 0.6) is 0 Å². The smallest absolute Gasteiger partial charge is 0.247 e. The van der Waals surface area contributed by atoms with Crippen molar-refractivity contribution in [1.82, 2.24) is 0 Å². The largest absolute Gasteiger partial charge is 0.413 e. The van der Waals surface area contributed by atoms with Gasteiger partial charge in [0, 0.05) is 0 Å². The molecule has 0 aliphatic carbocycles. The summed E-state index contributed by atoms with van der Waals surface area (Å²) >= 11 is 0. The second-order valence-electron chi connectivity index (χ2n) is 3.54. The minimum Gasteiger partial charge on any atom is -0.413 e. The summed E-state index contributed by atoms with van der Waals surface area (Å²) in [5.41, 5.74) is 0.106. The third-order valence-electron chi connectivity index (χ3n) is 2.33. The van der Waals surface area contributed by atoms with E-state index in [-0.39, 0.29) is 5.60 Å². The fourth-order valence-electron chi connectivity index (χ4n) is 1.89. The summed E-state index contributed by atoms with van der Waals surface area (Å²) in [5, 5.41) is 0. The molecule has 0 aliphatic heterocycles. The molecule has 0 rings (SSSR count). The van der Waals surface area contributed by atoms with Gasteiger partial charge in [-0.25, -0.2) is 0 Å². The highest BCUT2D eigenvalue weighted by Crippen LogP contribution is 2.28. The highest BCUT2D eigenvalue weighted by molar-refractivity contribution is 5.98. The average Bonchev–Trinajstić information content (AvgIpc) is 2.06. The van der Waals surface area contributed by atoms with Crippen LogP contribution in [0.3, 0.4) is 0 Å². The molecular formula is C10H21OSi. The third kappa shape index (κ3) is 3.72. The molecule has 0 saturated heterocycles. The second kappa shape index (κ2) is 6.67. The number of hydrogen-bond donors (Lipinski definition) is 0. The lowest BCUT2D eigenvalue weighted by Crippen LogP contribution is -2.31. The van der Waals surface area contributed by atoms with Gasteiger partial charge in [-0.3, -0.25) is 0 Å². The Hall–Kier alpha value is 0.177. The van der Waals surface area contributed by atoms with Gasteiger partial charge in [-0.15, -0.1) is 0 Å². The topological polar surface area (TPSA) is 9.23 Å². The van der Waals surface area contributed by atoms with Crippen molar-refractivity contribution in [2.75, 3.05) is 0 Å². The van der Waals surface area contributed by atoms with Gasteiger partial charge in [0.15, 0.2) is 0 Å². The van der Waals surface area contributed by atoms with Gasteiger partial charge in [-0.2, -0.15) is 0 Å². The van der Waals surface area contributed by atoms with Crippen molar-refractivity contribution in [3.8, 4) is 0 Å². The quantitative estimate of drug-likeness (QED) is 0.553. The first kappa shape index (κ1) is 12.2. The van der Waals surface area contributed by atoms with E-state index in [1.165, 1.54) is 19.3 Å². The van der Waals surface area contributed by atoms with Crippen molar-refractivity contribution >= 4 is 10.5 Å². The lowest BCUT2D eigenvalue weighted by Gasteiger charge is -2.32. The first-order valence-corrected chi connectivity index (χ1v) is 5.50. The maximum absolute atomic E-state index is 5.46. The van der Waals surface area contributed by atoms with E-state index in [2.05, 4.69) is 31.3 Å². The summed E-state index contributed by atoms with van der Waals surface area (Å²) in [7, 11) is 3.22. The molecule has 0 N–H and O–H groups in total. The Bertz CT molecular complexity index is 87.0. The predicted octanol–water partition coefficient (Wildman–Crippen LogP) is 3.23. The van der Waals surface area contributed by atoms with Crippen LogP contribution in [0, 0.1) is 0 Å². The molecule has 3 radical (unpaired) electrons. The van der Waals surface area contributed by atoms with Crippen molar-refractivity contribution in [2.45, 2.75) is 64.9 Å². The first-order chi connectivity index (χ1) is 5.74. The summed E-state index contributed by atoms with van der Waals surface area (Å²) in [6.07, 6.45) is 7.09. The predicted molar refractivity (Wildman–Crippen MR) is 54.3 cm³/mol. The van der Waals surface area contributed by atoms with E-state index in [9.17, 15) is 0 Å². The zero-order chi connectivity index (χ0) is 9.45. The van der Waals surface area contributed by atoms with Crippen LogP contribution >= 0.6 is 0 Å². The second-order valence-corrected chi connectivity index (χ2v) is 3.74. The van der Waals surface area contributed by atoms with Crippen LogP contribution in [0.4, 0.5) is 0 Å². The fourth-order valence-corrected chi connectivity index (χ4v) is 2.20. The molecule has 2 heteroatoms. The van der Waals surface area contributed by atoms with Crippen LogP contribution in [-0.4, -0.2) is 16.1 Å². The maximum Gasteiger partial charge on any atom is 0.247 e. The molecule has 0 aliphatic rings. The summed E-state index contributed by atoms with van der Waals surface area (Å²) in [6, 6.07) is 0. The number of rotatable bonds is 7. The molecule has 0 saturated carbocycles. The van der Waals surface area contributed by atoms with E-state index in [1.54, 1.807) is 0 Å². The van der Waals surface area contributed by atoms with Crippen LogP contribution in [0.1, 0.15) is 59.3 Å². The van der Waals surface area contributed by atoms with E-state index in [0.29, 0.717) is 0 Å². The molecule has 0 atom stereocenters. The van der Waals surface area contributed by atoms with E-state index in [4.69, 9.17) is 4.43 Å². The molecule has 1 nitrogen and oxygen atoms in total. The monoisotopic (exact) mass is 185 g/mol.